The molecule has 0 aromatic heterocycles. The first-order valence-electron chi connectivity index (χ1n) is 6.00. The Morgan fingerprint density at radius 3 is 1.45 bits per heavy atom. The molecule has 2 aromatic carbocycles. The fraction of sp³-hybridized carbons (Fsp3) is 0.143. The van der Waals surface area contributed by atoms with Gasteiger partial charge in [0.15, 0.2) is 10.3 Å². The number of amidine groups is 2. The van der Waals surface area contributed by atoms with E-state index in [0.717, 1.165) is 11.1 Å². The van der Waals surface area contributed by atoms with Gasteiger partial charge in [-0.25, -0.2) is 0 Å². The van der Waals surface area contributed by atoms with Crippen LogP contribution >= 0.6 is 57.5 Å². The van der Waals surface area contributed by atoms with Gasteiger partial charge in [-0.1, -0.05) is 59.9 Å². The fourth-order valence-electron chi connectivity index (χ4n) is 1.85. The van der Waals surface area contributed by atoms with Crippen molar-refractivity contribution >= 4 is 78.6 Å². The molecule has 8 heteroatoms. The summed E-state index contributed by atoms with van der Waals surface area (Å²) in [5.41, 5.74) is 13.0. The molecule has 2 aromatic rings. The molecule has 2 rings (SSSR count). The molecule has 0 aliphatic rings. The van der Waals surface area contributed by atoms with Crippen molar-refractivity contribution in [2.24, 2.45) is 11.5 Å². The lowest BCUT2D eigenvalue weighted by Crippen LogP contribution is -2.03. The van der Waals surface area contributed by atoms with Crippen molar-refractivity contribution in [3.8, 4) is 0 Å². The molecule has 6 N–H and O–H groups in total. The zero-order valence-corrected chi connectivity index (χ0v) is 16.7. The van der Waals surface area contributed by atoms with Crippen LogP contribution in [0.25, 0.3) is 10.8 Å². The largest absolute Gasteiger partial charge is 0.379 e. The highest BCUT2D eigenvalue weighted by Gasteiger charge is 2.01. The first-order chi connectivity index (χ1) is 9.54. The minimum Gasteiger partial charge on any atom is -0.379 e. The summed E-state index contributed by atoms with van der Waals surface area (Å²) < 4.78 is 0. The van der Waals surface area contributed by atoms with Gasteiger partial charge in [0.05, 0.1) is 0 Å². The Morgan fingerprint density at radius 2 is 1.14 bits per heavy atom. The van der Waals surface area contributed by atoms with Gasteiger partial charge in [-0.2, -0.15) is 0 Å². The molecule has 22 heavy (non-hydrogen) atoms. The van der Waals surface area contributed by atoms with Crippen LogP contribution in [-0.2, 0) is 11.5 Å². The molecule has 0 saturated carbocycles. The zero-order valence-electron chi connectivity index (χ0n) is 11.7. The van der Waals surface area contributed by atoms with Gasteiger partial charge < -0.3 is 11.5 Å². The van der Waals surface area contributed by atoms with Crippen LogP contribution < -0.4 is 11.5 Å². The highest BCUT2D eigenvalue weighted by Crippen LogP contribution is 2.22. The van der Waals surface area contributed by atoms with Crippen LogP contribution in [-0.4, -0.2) is 10.3 Å². The summed E-state index contributed by atoms with van der Waals surface area (Å²) in [7, 11) is 0. The number of hydrogen-bond acceptors (Lipinski definition) is 4. The summed E-state index contributed by atoms with van der Waals surface area (Å²) in [5.74, 6) is 1.43. The first kappa shape index (κ1) is 21.3. The molecule has 0 atom stereocenters. The predicted octanol–water partition coefficient (Wildman–Crippen LogP) is 4.25. The topological polar surface area (TPSA) is 99.7 Å². The zero-order chi connectivity index (χ0) is 14.5. The first-order valence-corrected chi connectivity index (χ1v) is 7.97. The van der Waals surface area contributed by atoms with E-state index in [1.807, 2.05) is 0 Å². The average Bonchev–Trinajstić information content (AvgIpc) is 2.42. The van der Waals surface area contributed by atoms with E-state index in [2.05, 4.69) is 36.4 Å². The lowest BCUT2D eigenvalue weighted by Gasteiger charge is -2.06. The molecule has 0 aliphatic heterocycles. The molecule has 0 saturated heterocycles. The van der Waals surface area contributed by atoms with E-state index >= 15 is 0 Å². The van der Waals surface area contributed by atoms with Crippen LogP contribution in [0.5, 0.6) is 0 Å². The molecule has 0 spiro atoms. The molecule has 0 amide bonds. The Morgan fingerprint density at radius 1 is 0.773 bits per heavy atom. The Kier molecular flexibility index (Phi) is 9.82. The number of nitrogens with two attached hydrogens (primary N) is 2. The van der Waals surface area contributed by atoms with E-state index in [0.29, 0.717) is 11.5 Å². The number of thioether (sulfide) groups is 2. The highest BCUT2D eigenvalue weighted by molar-refractivity contribution is 8.93. The molecular formula is C14H18Br2N4S2. The molecule has 0 aliphatic carbocycles. The van der Waals surface area contributed by atoms with Gasteiger partial charge in [0.25, 0.3) is 0 Å². The second-order valence-corrected chi connectivity index (χ2v) is 6.36. The smallest absolute Gasteiger partial charge is 0.151 e. The van der Waals surface area contributed by atoms with Gasteiger partial charge in [-0.15, -0.1) is 34.0 Å². The third-order valence-corrected chi connectivity index (χ3v) is 4.34. The van der Waals surface area contributed by atoms with Crippen LogP contribution in [0.3, 0.4) is 0 Å². The Balaban J connectivity index is 0.00000220. The lowest BCUT2D eigenvalue weighted by molar-refractivity contribution is 1.41. The Bertz CT molecular complexity index is 607. The maximum absolute atomic E-state index is 7.23. The Labute approximate surface area is 159 Å². The number of benzene rings is 2. The summed E-state index contributed by atoms with van der Waals surface area (Å²) in [5, 5.41) is 17.1. The van der Waals surface area contributed by atoms with E-state index in [4.69, 9.17) is 22.3 Å². The molecule has 0 unspecified atom stereocenters. The van der Waals surface area contributed by atoms with Crippen LogP contribution in [0.2, 0.25) is 0 Å². The van der Waals surface area contributed by atoms with Gasteiger partial charge in [0, 0.05) is 11.5 Å². The van der Waals surface area contributed by atoms with E-state index < -0.39 is 0 Å². The Hall–Kier alpha value is -0.700. The van der Waals surface area contributed by atoms with Crippen molar-refractivity contribution in [3.63, 3.8) is 0 Å². The van der Waals surface area contributed by atoms with Gasteiger partial charge >= 0.3 is 0 Å². The quantitative estimate of drug-likeness (QED) is 0.400. The van der Waals surface area contributed by atoms with E-state index in [1.165, 1.54) is 34.3 Å². The molecule has 120 valence electrons. The second kappa shape index (κ2) is 10.1. The van der Waals surface area contributed by atoms with E-state index in [9.17, 15) is 0 Å². The average molecular weight is 466 g/mol. The third kappa shape index (κ3) is 6.60. The van der Waals surface area contributed by atoms with Crippen molar-refractivity contribution in [1.29, 1.82) is 10.8 Å². The highest BCUT2D eigenvalue weighted by atomic mass is 79.9. The lowest BCUT2D eigenvalue weighted by atomic mass is 10.1. The van der Waals surface area contributed by atoms with Crippen molar-refractivity contribution in [1.82, 2.24) is 0 Å². The monoisotopic (exact) mass is 464 g/mol. The van der Waals surface area contributed by atoms with Gasteiger partial charge in [0.2, 0.25) is 0 Å². The van der Waals surface area contributed by atoms with Crippen molar-refractivity contribution in [2.75, 3.05) is 0 Å². The van der Waals surface area contributed by atoms with Crippen LogP contribution in [0, 0.1) is 10.8 Å². The summed E-state index contributed by atoms with van der Waals surface area (Å²) in [6.45, 7) is 0. The number of fused-ring (bicyclic) bond motifs is 1. The van der Waals surface area contributed by atoms with E-state index in [-0.39, 0.29) is 44.3 Å². The number of nitrogens with one attached hydrogen (secondary N) is 2. The molecule has 0 radical (unpaired) electrons. The molecular weight excluding hydrogens is 448 g/mol. The summed E-state index contributed by atoms with van der Waals surface area (Å²) in [6, 6.07) is 12.5. The minimum atomic E-state index is 0. The standard InChI is InChI=1S/C14H16N4S2.2BrH/c15-13(16)19-7-9-1-3-11-6-10(8-20-14(17)18)2-4-12(11)5-9;;/h1-6H,7-8H2,(H3,15,16)(H3,17,18);2*1H. The minimum absolute atomic E-state index is 0. The number of hydrogen-bond donors (Lipinski definition) is 4. The summed E-state index contributed by atoms with van der Waals surface area (Å²) in [6.07, 6.45) is 0. The maximum atomic E-state index is 7.23. The van der Waals surface area contributed by atoms with Gasteiger partial charge in [0.1, 0.15) is 0 Å². The predicted molar refractivity (Wildman–Crippen MR) is 111 cm³/mol. The van der Waals surface area contributed by atoms with Crippen LogP contribution in [0.1, 0.15) is 11.1 Å². The summed E-state index contributed by atoms with van der Waals surface area (Å²) >= 11 is 2.66. The van der Waals surface area contributed by atoms with Gasteiger partial charge in [-0.05, 0) is 21.9 Å². The normalized spacial score (nSPS) is 9.64. The molecule has 0 bridgehead atoms. The number of halogens is 2. The maximum Gasteiger partial charge on any atom is 0.151 e. The van der Waals surface area contributed by atoms with Crippen LogP contribution in [0.4, 0.5) is 0 Å². The second-order valence-electron chi connectivity index (χ2n) is 4.32. The number of rotatable bonds is 4. The molecule has 4 nitrogen and oxygen atoms in total. The fourth-order valence-corrected chi connectivity index (χ4v) is 2.85. The van der Waals surface area contributed by atoms with Crippen LogP contribution in [0.15, 0.2) is 36.4 Å². The molecule has 0 heterocycles. The summed E-state index contributed by atoms with van der Waals surface area (Å²) in [4.78, 5) is 0. The van der Waals surface area contributed by atoms with Crippen molar-refractivity contribution in [3.05, 3.63) is 47.5 Å². The third-order valence-electron chi connectivity index (χ3n) is 2.76. The van der Waals surface area contributed by atoms with E-state index in [1.54, 1.807) is 0 Å². The van der Waals surface area contributed by atoms with Crippen molar-refractivity contribution < 1.29 is 0 Å². The van der Waals surface area contributed by atoms with Crippen molar-refractivity contribution in [2.45, 2.75) is 11.5 Å². The van der Waals surface area contributed by atoms with Gasteiger partial charge in [-0.3, -0.25) is 10.8 Å². The SMILES string of the molecule is Br.Br.N=C(N)SCc1ccc2cc(CSC(=N)N)ccc2c1. The molecule has 0 fully saturated rings.